The van der Waals surface area contributed by atoms with E-state index < -0.39 is 6.10 Å². The number of aryl methyl sites for hydroxylation is 2. The lowest BCUT2D eigenvalue weighted by Crippen LogP contribution is -2.36. The van der Waals surface area contributed by atoms with E-state index in [2.05, 4.69) is 5.32 Å². The van der Waals surface area contributed by atoms with Crippen LogP contribution in [0.15, 0.2) is 42.5 Å². The number of piperidine rings is 1. The fraction of sp³-hybridized carbons (Fsp3) is 0.391. The zero-order valence-corrected chi connectivity index (χ0v) is 16.8. The van der Waals surface area contributed by atoms with E-state index in [1.165, 1.54) is 5.56 Å². The van der Waals surface area contributed by atoms with E-state index in [1.54, 1.807) is 19.1 Å². The molecule has 3 rings (SSSR count). The molecule has 1 fully saturated rings. The number of nitrogens with zero attached hydrogens (tertiary/aromatic N) is 1. The zero-order valence-electron chi connectivity index (χ0n) is 16.8. The summed E-state index contributed by atoms with van der Waals surface area (Å²) in [6, 6.07) is 12.9. The molecule has 0 spiro atoms. The quantitative estimate of drug-likeness (QED) is 0.840. The number of rotatable bonds is 5. The molecule has 0 radical (unpaired) electrons. The lowest BCUT2D eigenvalue weighted by Gasteiger charge is -2.27. The Hall–Kier alpha value is -2.82. The summed E-state index contributed by atoms with van der Waals surface area (Å²) in [5.74, 6) is 0.346. The lowest BCUT2D eigenvalue weighted by molar-refractivity contribution is -0.122. The number of para-hydroxylation sites is 1. The molecule has 2 aromatic rings. The molecule has 2 amide bonds. The average Bonchev–Trinajstić information content (AvgIpc) is 2.71. The number of hydrogen-bond donors (Lipinski definition) is 1. The molecule has 1 aliphatic rings. The SMILES string of the molecule is Cc1ccc(O[C@@H](C)C(=O)Nc2ccccc2C(=O)N2CCCCC2)cc1C. The van der Waals surface area contributed by atoms with Crippen molar-refractivity contribution in [3.05, 3.63) is 59.2 Å². The summed E-state index contributed by atoms with van der Waals surface area (Å²) in [4.78, 5) is 27.4. The highest BCUT2D eigenvalue weighted by Crippen LogP contribution is 2.21. The molecule has 0 unspecified atom stereocenters. The van der Waals surface area contributed by atoms with Gasteiger partial charge in [-0.05, 0) is 75.4 Å². The molecule has 0 aliphatic carbocycles. The third kappa shape index (κ3) is 4.71. The van der Waals surface area contributed by atoms with Crippen LogP contribution < -0.4 is 10.1 Å². The average molecular weight is 380 g/mol. The molecular weight excluding hydrogens is 352 g/mol. The van der Waals surface area contributed by atoms with Crippen molar-refractivity contribution in [1.29, 1.82) is 0 Å². The van der Waals surface area contributed by atoms with Gasteiger partial charge in [-0.1, -0.05) is 18.2 Å². The van der Waals surface area contributed by atoms with Gasteiger partial charge in [0.25, 0.3) is 11.8 Å². The number of carbonyl (C=O) groups is 2. The van der Waals surface area contributed by atoms with Crippen LogP contribution in [0.2, 0.25) is 0 Å². The second-order valence-electron chi connectivity index (χ2n) is 7.39. The van der Waals surface area contributed by atoms with Crippen molar-refractivity contribution >= 4 is 17.5 Å². The molecule has 1 N–H and O–H groups in total. The Morgan fingerprint density at radius 2 is 1.71 bits per heavy atom. The third-order valence-corrected chi connectivity index (χ3v) is 5.22. The lowest BCUT2D eigenvalue weighted by atomic mass is 10.1. The molecule has 1 heterocycles. The molecule has 0 aromatic heterocycles. The first kappa shape index (κ1) is 19.9. The fourth-order valence-corrected chi connectivity index (χ4v) is 3.33. The molecule has 2 aromatic carbocycles. The Bertz CT molecular complexity index is 857. The zero-order chi connectivity index (χ0) is 20.1. The largest absolute Gasteiger partial charge is 0.481 e. The van der Waals surface area contributed by atoms with Crippen molar-refractivity contribution in [2.75, 3.05) is 18.4 Å². The monoisotopic (exact) mass is 380 g/mol. The first-order chi connectivity index (χ1) is 13.5. The standard InChI is InChI=1S/C23H28N2O3/c1-16-11-12-19(15-17(16)2)28-18(3)22(26)24-21-10-6-5-9-20(21)23(27)25-13-7-4-8-14-25/h5-6,9-12,15,18H,4,7-8,13-14H2,1-3H3,(H,24,26)/t18-/m0/s1. The van der Waals surface area contributed by atoms with Crippen LogP contribution in [0.1, 0.15) is 47.7 Å². The summed E-state index contributed by atoms with van der Waals surface area (Å²) in [6.45, 7) is 7.29. The summed E-state index contributed by atoms with van der Waals surface area (Å²) in [5.41, 5.74) is 3.34. The summed E-state index contributed by atoms with van der Waals surface area (Å²) < 4.78 is 5.79. The van der Waals surface area contributed by atoms with Crippen molar-refractivity contribution in [2.45, 2.75) is 46.1 Å². The maximum Gasteiger partial charge on any atom is 0.265 e. The van der Waals surface area contributed by atoms with E-state index in [4.69, 9.17) is 4.74 Å². The molecule has 1 atom stereocenters. The topological polar surface area (TPSA) is 58.6 Å². The summed E-state index contributed by atoms with van der Waals surface area (Å²) in [6.07, 6.45) is 2.54. The van der Waals surface area contributed by atoms with Crippen molar-refractivity contribution in [1.82, 2.24) is 4.90 Å². The highest BCUT2D eigenvalue weighted by Gasteiger charge is 2.23. The number of ether oxygens (including phenoxy) is 1. The summed E-state index contributed by atoms with van der Waals surface area (Å²) in [5, 5.41) is 2.87. The van der Waals surface area contributed by atoms with Crippen LogP contribution in [0.25, 0.3) is 0 Å². The van der Waals surface area contributed by atoms with Gasteiger partial charge in [0, 0.05) is 13.1 Å². The van der Waals surface area contributed by atoms with E-state index in [-0.39, 0.29) is 11.8 Å². The Kier molecular flexibility index (Phi) is 6.34. The Morgan fingerprint density at radius 3 is 2.43 bits per heavy atom. The van der Waals surface area contributed by atoms with E-state index >= 15 is 0 Å². The Morgan fingerprint density at radius 1 is 1.00 bits per heavy atom. The van der Waals surface area contributed by atoms with Crippen LogP contribution in [0.3, 0.4) is 0 Å². The normalized spacial score (nSPS) is 15.0. The van der Waals surface area contributed by atoms with Crippen molar-refractivity contribution in [3.63, 3.8) is 0 Å². The molecule has 0 bridgehead atoms. The molecule has 1 aliphatic heterocycles. The Balaban J connectivity index is 1.69. The highest BCUT2D eigenvalue weighted by atomic mass is 16.5. The van der Waals surface area contributed by atoms with Gasteiger partial charge in [0.05, 0.1) is 11.3 Å². The predicted octanol–water partition coefficient (Wildman–Crippen LogP) is 4.34. The van der Waals surface area contributed by atoms with Crippen molar-refractivity contribution < 1.29 is 14.3 Å². The van der Waals surface area contributed by atoms with Crippen molar-refractivity contribution in [2.24, 2.45) is 0 Å². The highest BCUT2D eigenvalue weighted by molar-refractivity contribution is 6.04. The number of amides is 2. The van der Waals surface area contributed by atoms with E-state index in [1.807, 2.05) is 49.1 Å². The van der Waals surface area contributed by atoms with Crippen LogP contribution in [-0.2, 0) is 4.79 Å². The minimum Gasteiger partial charge on any atom is -0.481 e. The second-order valence-corrected chi connectivity index (χ2v) is 7.39. The first-order valence-corrected chi connectivity index (χ1v) is 9.89. The van der Waals surface area contributed by atoms with Crippen LogP contribution in [0.4, 0.5) is 5.69 Å². The minimum atomic E-state index is -0.680. The van der Waals surface area contributed by atoms with E-state index in [9.17, 15) is 9.59 Å². The smallest absolute Gasteiger partial charge is 0.265 e. The van der Waals surface area contributed by atoms with Crippen molar-refractivity contribution in [3.8, 4) is 5.75 Å². The molecule has 5 heteroatoms. The number of benzene rings is 2. The van der Waals surface area contributed by atoms with Gasteiger partial charge in [-0.15, -0.1) is 0 Å². The molecule has 5 nitrogen and oxygen atoms in total. The number of nitrogens with one attached hydrogen (secondary N) is 1. The van der Waals surface area contributed by atoms with Gasteiger partial charge in [-0.25, -0.2) is 0 Å². The second kappa shape index (κ2) is 8.91. The van der Waals surface area contributed by atoms with Gasteiger partial charge in [-0.2, -0.15) is 0 Å². The molecule has 1 saturated heterocycles. The Labute approximate surface area is 166 Å². The summed E-state index contributed by atoms with van der Waals surface area (Å²) >= 11 is 0. The fourth-order valence-electron chi connectivity index (χ4n) is 3.33. The number of hydrogen-bond acceptors (Lipinski definition) is 3. The molecular formula is C23H28N2O3. The van der Waals surface area contributed by atoms with Crippen LogP contribution in [-0.4, -0.2) is 35.9 Å². The van der Waals surface area contributed by atoms with Gasteiger partial charge in [0.2, 0.25) is 0 Å². The molecule has 148 valence electrons. The van der Waals surface area contributed by atoms with Crippen LogP contribution >= 0.6 is 0 Å². The third-order valence-electron chi connectivity index (χ3n) is 5.22. The number of carbonyl (C=O) groups excluding carboxylic acids is 2. The maximum absolute atomic E-state index is 12.9. The molecule has 0 saturated carbocycles. The summed E-state index contributed by atoms with van der Waals surface area (Å²) in [7, 11) is 0. The predicted molar refractivity (Wildman–Crippen MR) is 111 cm³/mol. The van der Waals surface area contributed by atoms with Crippen LogP contribution in [0, 0.1) is 13.8 Å². The van der Waals surface area contributed by atoms with Gasteiger partial charge in [0.15, 0.2) is 6.10 Å². The van der Waals surface area contributed by atoms with Crippen LogP contribution in [0.5, 0.6) is 5.75 Å². The maximum atomic E-state index is 12.9. The van der Waals surface area contributed by atoms with Gasteiger partial charge in [-0.3, -0.25) is 9.59 Å². The minimum absolute atomic E-state index is 0.0293. The molecule has 28 heavy (non-hydrogen) atoms. The first-order valence-electron chi connectivity index (χ1n) is 9.89. The van der Waals surface area contributed by atoms with E-state index in [0.717, 1.165) is 37.9 Å². The number of likely N-dealkylation sites (tertiary alicyclic amines) is 1. The number of anilines is 1. The van der Waals surface area contributed by atoms with Gasteiger partial charge in [0.1, 0.15) is 5.75 Å². The van der Waals surface area contributed by atoms with E-state index in [0.29, 0.717) is 17.0 Å². The van der Waals surface area contributed by atoms with Gasteiger partial charge >= 0.3 is 0 Å². The van der Waals surface area contributed by atoms with Gasteiger partial charge < -0.3 is 15.0 Å².